The predicted molar refractivity (Wildman–Crippen MR) is 513 cm³/mol. The van der Waals surface area contributed by atoms with Crippen molar-refractivity contribution < 1.29 is 163 Å². The molecular formula is C99H174N2O34. The first-order chi connectivity index (χ1) is 62.7. The van der Waals surface area contributed by atoms with Crippen LogP contribution in [0.3, 0.4) is 0 Å². The number of carboxylic acids is 3. The highest BCUT2D eigenvalue weighted by molar-refractivity contribution is 5.97. The highest BCUT2D eigenvalue weighted by atomic mass is 16.7. The molecule has 0 aromatic heterocycles. The van der Waals surface area contributed by atoms with Crippen molar-refractivity contribution in [2.45, 2.75) is 283 Å². The van der Waals surface area contributed by atoms with E-state index in [0.29, 0.717) is 87.3 Å². The van der Waals surface area contributed by atoms with Crippen LogP contribution in [0.4, 0.5) is 5.69 Å². The summed E-state index contributed by atoms with van der Waals surface area (Å²) in [6, 6.07) is 4.73. The molecule has 1 saturated heterocycles. The molecule has 6 atom stereocenters. The highest BCUT2D eigenvalue weighted by Crippen LogP contribution is 2.32. The van der Waals surface area contributed by atoms with Gasteiger partial charge in [-0.25, -0.2) is 4.79 Å². The number of carbonyl (C=O) groups excluding carboxylic acids is 9. The zero-order valence-corrected chi connectivity index (χ0v) is 87.8. The Bertz CT molecular complexity index is 3540. The molecule has 0 saturated carbocycles. The Balaban J connectivity index is -0.000000283. The molecule has 0 radical (unpaired) electrons. The Kier molecular flexibility index (Phi) is 80.0. The lowest BCUT2D eigenvalue weighted by Crippen LogP contribution is -2.53. The second-order valence-corrected chi connectivity index (χ2v) is 34.9. The van der Waals surface area contributed by atoms with Crippen molar-refractivity contribution in [1.82, 2.24) is 4.90 Å². The smallest absolute Gasteiger partial charge is 0.341 e. The molecule has 135 heavy (non-hydrogen) atoms. The van der Waals surface area contributed by atoms with Gasteiger partial charge in [-0.05, 0) is 159 Å². The van der Waals surface area contributed by atoms with Crippen LogP contribution in [0.15, 0.2) is 80.4 Å². The zero-order chi connectivity index (χ0) is 106. The summed E-state index contributed by atoms with van der Waals surface area (Å²) in [5.41, 5.74) is -1.85. The Hall–Kier alpha value is -9.88. The van der Waals surface area contributed by atoms with Crippen LogP contribution >= 0.6 is 0 Å². The molecular weight excluding hydrogens is 1760 g/mol. The number of carbonyl (C=O) groups is 12. The minimum Gasteiger partial charge on any atom is -0.481 e. The van der Waals surface area contributed by atoms with Gasteiger partial charge >= 0.3 is 59.7 Å². The van der Waals surface area contributed by atoms with Gasteiger partial charge in [0.15, 0.2) is 27.2 Å². The van der Waals surface area contributed by atoms with Gasteiger partial charge in [0, 0.05) is 42.1 Å². The minimum absolute atomic E-state index is 0.0148. The Morgan fingerprint density at radius 1 is 0.467 bits per heavy atom. The summed E-state index contributed by atoms with van der Waals surface area (Å²) >= 11 is 0. The first kappa shape index (κ1) is 138. The van der Waals surface area contributed by atoms with Gasteiger partial charge in [0.05, 0.1) is 143 Å². The molecule has 36 nitrogen and oxygen atoms in total. The van der Waals surface area contributed by atoms with E-state index in [-0.39, 0.29) is 162 Å². The molecule has 1 aromatic rings. The van der Waals surface area contributed by atoms with E-state index >= 15 is 0 Å². The number of amides is 2. The monoisotopic (exact) mass is 1940 g/mol. The van der Waals surface area contributed by atoms with E-state index in [2.05, 4.69) is 47.7 Å². The molecule has 0 spiro atoms. The second kappa shape index (κ2) is 78.2. The number of aliphatic carboxylic acids is 3. The van der Waals surface area contributed by atoms with Gasteiger partial charge in [-0.15, -0.1) is 0 Å². The summed E-state index contributed by atoms with van der Waals surface area (Å²) in [5, 5.41) is 27.4. The summed E-state index contributed by atoms with van der Waals surface area (Å²) in [4.78, 5) is 137. The second-order valence-electron chi connectivity index (χ2n) is 34.9. The largest absolute Gasteiger partial charge is 0.481 e. The number of ether oxygens (including phenoxy) is 19. The minimum atomic E-state index is -0.706. The number of benzene rings is 1. The highest BCUT2D eigenvalue weighted by Gasteiger charge is 2.41. The maximum absolute atomic E-state index is 12.6. The van der Waals surface area contributed by atoms with Crippen molar-refractivity contribution in [3.8, 4) is 5.75 Å². The van der Waals surface area contributed by atoms with Gasteiger partial charge in [0.1, 0.15) is 43.3 Å². The molecule has 1 aromatic carbocycles. The molecule has 0 bridgehead atoms. The fourth-order valence-corrected chi connectivity index (χ4v) is 8.08. The van der Waals surface area contributed by atoms with Crippen LogP contribution in [0, 0.1) is 56.2 Å². The van der Waals surface area contributed by atoms with E-state index in [1.165, 1.54) is 40.8 Å². The number of allylic oxidation sites excluding steroid dienone is 4. The standard InChI is InChI=1S/C18H25NO5.C17H29NO5.C17H30O8.C13H24O4.C12H22O4.C7H14O2.3C5H10O2/c1-7-18(4,5)17(21)19-13-8-9-14(16(20)22-6)15(10-13)24-11-23-12(2)3;1-7-17(4,5)16(20)18-9-8-14(23-11-22-12(2)3)13(10-18)15(19)21-6;1-6-17(3,4)16(19)24-11-14(10-23-12-21-7-2)25-13-22-9-8-15(18)20-5;1-6-13(4,5)12(14)16-9-7-8-15-10-17-11(2)3;1-6-12(4,5)11(13)15-8-7-14-9-16-10(2)3;1-5-7(2,3)6(8)9-4;3*1-3-4(2)5(6)7/h8-10H,2,7,11H2,1,3-6H3,(H,19,21);13-14H,2,7-11H2,1,3-6H3;7,14H,2,6,8-13H2,1,3-5H3;2,6-10H2,1,3-5H3;2,6-9H2,1,3-5H3;5H2,1-4H3;3*4H,3H2,1-2H3,(H,6,7). The van der Waals surface area contributed by atoms with Gasteiger partial charge in [0.25, 0.3) is 0 Å². The molecule has 1 aliphatic heterocycles. The van der Waals surface area contributed by atoms with Crippen LogP contribution in [0.5, 0.6) is 5.75 Å². The quantitative estimate of drug-likeness (QED) is 0.0155. The van der Waals surface area contributed by atoms with Gasteiger partial charge in [-0.2, -0.15) is 0 Å². The molecule has 6 unspecified atom stereocenters. The molecule has 784 valence electrons. The summed E-state index contributed by atoms with van der Waals surface area (Å²) in [6.07, 6.45) is 8.41. The SMILES string of the molecule is C=C(C)OCOC1CCN(C(=O)C(C)(C)CC)CC1C(=O)OC.C=C(C)OCOCCCOC(=O)C(C)(C)CC.C=C(C)OCOCCOC(=O)C(C)(C)CC.C=C(C)OCOc1cc(NC(=O)C(C)(C)CC)ccc1C(=O)OC.C=COCOCC(COC(=O)C(C)(C)CC)OCOCCC(=O)OC.CCC(C)(C)C(=O)OC.CCC(C)C(=O)O.CCC(C)C(=O)O.CCC(C)C(=O)O. The first-order valence-electron chi connectivity index (χ1n) is 45.5. The average molecular weight is 1940 g/mol. The summed E-state index contributed by atoms with van der Waals surface area (Å²) < 4.78 is 96.7. The summed E-state index contributed by atoms with van der Waals surface area (Å²) in [7, 11) is 5.36. The Morgan fingerprint density at radius 2 is 0.889 bits per heavy atom. The van der Waals surface area contributed by atoms with Gasteiger partial charge in [0.2, 0.25) is 18.6 Å². The van der Waals surface area contributed by atoms with Gasteiger partial charge < -0.3 is 116 Å². The Morgan fingerprint density at radius 3 is 1.28 bits per heavy atom. The molecule has 4 N–H and O–H groups in total. The van der Waals surface area contributed by atoms with E-state index < -0.39 is 63.0 Å². The lowest BCUT2D eigenvalue weighted by atomic mass is 9.86. The van der Waals surface area contributed by atoms with E-state index in [9.17, 15) is 57.5 Å². The molecule has 2 amide bonds. The third-order valence-electron chi connectivity index (χ3n) is 21.0. The van der Waals surface area contributed by atoms with Gasteiger partial charge in [-0.3, -0.25) is 52.7 Å². The van der Waals surface area contributed by atoms with E-state index in [1.807, 2.05) is 145 Å². The topological polar surface area (TPSA) is 456 Å². The predicted octanol–water partition coefficient (Wildman–Crippen LogP) is 18.4. The van der Waals surface area contributed by atoms with E-state index in [1.54, 1.807) is 65.5 Å². The number of rotatable bonds is 55. The number of hydrogen-bond acceptors (Lipinski definition) is 31. The molecule has 1 aliphatic rings. The van der Waals surface area contributed by atoms with Crippen molar-refractivity contribution in [2.24, 2.45) is 56.2 Å². The number of esters is 7. The van der Waals surface area contributed by atoms with Crippen LogP contribution in [0.2, 0.25) is 0 Å². The van der Waals surface area contributed by atoms with Crippen LogP contribution in [-0.4, -0.2) is 232 Å². The van der Waals surface area contributed by atoms with Crippen molar-refractivity contribution in [2.75, 3.05) is 134 Å². The van der Waals surface area contributed by atoms with Crippen LogP contribution in [-0.2, 0) is 138 Å². The molecule has 0 aliphatic carbocycles. The van der Waals surface area contributed by atoms with E-state index in [4.69, 9.17) is 95.8 Å². The fraction of sp³-hybridized carbons (Fsp3) is 0.717. The number of nitrogens with zero attached hydrogens (tertiary/aromatic N) is 1. The zero-order valence-electron chi connectivity index (χ0n) is 87.8. The molecule has 1 heterocycles. The summed E-state index contributed by atoms with van der Waals surface area (Å²) in [6.45, 7) is 72.5. The third kappa shape index (κ3) is 70.4. The number of likely N-dealkylation sites (tertiary alicyclic amines) is 1. The number of nitrogens with one attached hydrogen (secondary N) is 1. The van der Waals surface area contributed by atoms with Crippen molar-refractivity contribution >= 4 is 77.2 Å². The average Bonchev–Trinajstić information content (AvgIpc) is 0.809. The third-order valence-corrected chi connectivity index (χ3v) is 21.0. The number of hydrogen-bond donors (Lipinski definition) is 4. The normalized spacial score (nSPS) is 13.4. The van der Waals surface area contributed by atoms with Crippen LogP contribution < -0.4 is 10.1 Å². The van der Waals surface area contributed by atoms with Crippen LogP contribution in [0.25, 0.3) is 0 Å². The van der Waals surface area contributed by atoms with Crippen molar-refractivity contribution in [3.05, 3.63) is 86.0 Å². The van der Waals surface area contributed by atoms with E-state index in [0.717, 1.165) is 44.9 Å². The lowest BCUT2D eigenvalue weighted by molar-refractivity contribution is -0.171. The molecule has 2 rings (SSSR count). The maximum atomic E-state index is 12.6. The lowest BCUT2D eigenvalue weighted by Gasteiger charge is -2.39. The Labute approximate surface area is 806 Å². The molecule has 36 heteroatoms. The number of carboxylic acid groups (broad SMARTS) is 3. The summed E-state index contributed by atoms with van der Waals surface area (Å²) in [5.74, 6) is -2.74. The maximum Gasteiger partial charge on any atom is 0.341 e. The van der Waals surface area contributed by atoms with Crippen molar-refractivity contribution in [3.63, 3.8) is 0 Å². The fourth-order valence-electron chi connectivity index (χ4n) is 8.08. The number of piperidine rings is 1. The molecule has 1 fully saturated rings. The van der Waals surface area contributed by atoms with Crippen LogP contribution in [0.1, 0.15) is 281 Å². The number of methoxy groups -OCH3 is 4. The number of anilines is 1. The van der Waals surface area contributed by atoms with Crippen molar-refractivity contribution in [1.29, 1.82) is 0 Å². The first-order valence-corrected chi connectivity index (χ1v) is 45.5. The van der Waals surface area contributed by atoms with Gasteiger partial charge in [-0.1, -0.05) is 144 Å².